The average molecular weight is 409 g/mol. The van der Waals surface area contributed by atoms with Crippen LogP contribution in [0.2, 0.25) is 0 Å². The zero-order chi connectivity index (χ0) is 21.3. The van der Waals surface area contributed by atoms with E-state index >= 15 is 0 Å². The number of ether oxygens (including phenoxy) is 2. The maximum absolute atomic E-state index is 11.9. The molecule has 0 atom stereocenters. The molecule has 1 aromatic carbocycles. The third kappa shape index (κ3) is 3.81. The van der Waals surface area contributed by atoms with Gasteiger partial charge in [-0.2, -0.15) is 4.98 Å². The summed E-state index contributed by atoms with van der Waals surface area (Å²) in [5.41, 5.74) is 8.65. The van der Waals surface area contributed by atoms with E-state index in [0.29, 0.717) is 24.0 Å². The third-order valence-electron chi connectivity index (χ3n) is 5.58. The highest BCUT2D eigenvalue weighted by atomic mass is 16.5. The average Bonchev–Trinajstić information content (AvgIpc) is 2.73. The fourth-order valence-corrected chi connectivity index (χ4v) is 3.97. The molecule has 4 rings (SSSR count). The minimum Gasteiger partial charge on any atom is -0.466 e. The van der Waals surface area contributed by atoms with Gasteiger partial charge in [0, 0.05) is 24.3 Å². The van der Waals surface area contributed by atoms with Crippen molar-refractivity contribution in [3.05, 3.63) is 36.2 Å². The number of piperidine rings is 1. The van der Waals surface area contributed by atoms with Gasteiger partial charge in [-0.25, -0.2) is 9.98 Å². The normalized spacial score (nSPS) is 18.2. The number of hydrogen-bond donors (Lipinski definition) is 1. The number of carbonyl (C=O) groups excluding carboxylic acids is 1. The molecule has 2 N–H and O–H groups in total. The Hall–Kier alpha value is -3.16. The molecule has 0 saturated carbocycles. The van der Waals surface area contributed by atoms with Crippen molar-refractivity contribution in [3.63, 3.8) is 0 Å². The fourth-order valence-electron chi connectivity index (χ4n) is 3.97. The van der Waals surface area contributed by atoms with Crippen LogP contribution in [0.5, 0.6) is 5.88 Å². The van der Waals surface area contributed by atoms with Gasteiger partial charge in [0.2, 0.25) is 5.88 Å². The lowest BCUT2D eigenvalue weighted by Gasteiger charge is -2.33. The fraction of sp³-hybridized carbons (Fsp3) is 0.455. The van der Waals surface area contributed by atoms with E-state index in [-0.39, 0.29) is 11.9 Å². The van der Waals surface area contributed by atoms with Crippen molar-refractivity contribution in [2.45, 2.75) is 39.2 Å². The maximum atomic E-state index is 11.9. The number of fused-ring (bicyclic) bond motifs is 1. The van der Waals surface area contributed by atoms with Gasteiger partial charge in [0.05, 0.1) is 18.2 Å². The van der Waals surface area contributed by atoms with E-state index in [1.165, 1.54) is 6.33 Å². The second kappa shape index (κ2) is 7.93. The van der Waals surface area contributed by atoms with Crippen LogP contribution in [-0.2, 0) is 9.53 Å². The van der Waals surface area contributed by atoms with Crippen molar-refractivity contribution < 1.29 is 14.3 Å². The molecule has 2 aliphatic heterocycles. The summed E-state index contributed by atoms with van der Waals surface area (Å²) in [5.74, 6) is 0.628. The summed E-state index contributed by atoms with van der Waals surface area (Å²) >= 11 is 0. The zero-order valence-electron chi connectivity index (χ0n) is 17.6. The van der Waals surface area contributed by atoms with Crippen LogP contribution >= 0.6 is 0 Å². The third-order valence-corrected chi connectivity index (χ3v) is 5.58. The van der Waals surface area contributed by atoms with Gasteiger partial charge < -0.3 is 20.1 Å². The summed E-state index contributed by atoms with van der Waals surface area (Å²) in [7, 11) is 0. The topological polar surface area (TPSA) is 103 Å². The van der Waals surface area contributed by atoms with E-state index in [2.05, 4.69) is 27.0 Å². The van der Waals surface area contributed by atoms with Crippen LogP contribution in [-0.4, -0.2) is 46.9 Å². The first-order valence-electron chi connectivity index (χ1n) is 10.3. The van der Waals surface area contributed by atoms with Crippen LogP contribution in [0.3, 0.4) is 0 Å². The molecule has 0 aliphatic carbocycles. The first kappa shape index (κ1) is 20.1. The number of hydrogen-bond acceptors (Lipinski definition) is 8. The van der Waals surface area contributed by atoms with Crippen molar-refractivity contribution in [2.75, 3.05) is 30.3 Å². The molecule has 8 nitrogen and oxygen atoms in total. The van der Waals surface area contributed by atoms with Gasteiger partial charge in [-0.3, -0.25) is 4.79 Å². The van der Waals surface area contributed by atoms with Gasteiger partial charge >= 0.3 is 5.97 Å². The zero-order valence-corrected chi connectivity index (χ0v) is 17.6. The van der Waals surface area contributed by atoms with Gasteiger partial charge in [0.25, 0.3) is 0 Å². The summed E-state index contributed by atoms with van der Waals surface area (Å²) in [5, 5.41) is 0. The molecule has 1 saturated heterocycles. The van der Waals surface area contributed by atoms with Gasteiger partial charge in [-0.1, -0.05) is 12.1 Å². The number of aliphatic imine (C=N–C) groups is 1. The first-order chi connectivity index (χ1) is 14.4. The second-order valence-electron chi connectivity index (χ2n) is 8.05. The number of nitrogens with zero attached hydrogens (tertiary/aromatic N) is 4. The Morgan fingerprint density at radius 1 is 1.23 bits per heavy atom. The number of anilines is 2. The molecule has 3 heterocycles. The van der Waals surface area contributed by atoms with Crippen LogP contribution in [0.25, 0.3) is 0 Å². The second-order valence-corrected chi connectivity index (χ2v) is 8.05. The number of aromatic nitrogens is 2. The Morgan fingerprint density at radius 2 is 1.93 bits per heavy atom. The van der Waals surface area contributed by atoms with E-state index in [1.54, 1.807) is 0 Å². The molecular formula is C22H27N5O3. The summed E-state index contributed by atoms with van der Waals surface area (Å²) in [4.78, 5) is 27.1. The van der Waals surface area contributed by atoms with Gasteiger partial charge in [0.1, 0.15) is 11.9 Å². The SMILES string of the molecule is CCOC(=O)C1CCN(c2ccc(C3=Nc4c(N)ncnc4OC3(C)C)cc2)CC1. The first-order valence-corrected chi connectivity index (χ1v) is 10.3. The lowest BCUT2D eigenvalue weighted by atomic mass is 9.93. The molecule has 30 heavy (non-hydrogen) atoms. The Bertz CT molecular complexity index is 963. The molecule has 1 fully saturated rings. The predicted molar refractivity (Wildman–Crippen MR) is 115 cm³/mol. The number of nitrogen functional groups attached to an aromatic ring is 1. The number of carbonyl (C=O) groups is 1. The van der Waals surface area contributed by atoms with Crippen LogP contribution in [0.4, 0.5) is 17.2 Å². The monoisotopic (exact) mass is 409 g/mol. The van der Waals surface area contributed by atoms with E-state index in [4.69, 9.17) is 20.2 Å². The molecule has 0 unspecified atom stereocenters. The van der Waals surface area contributed by atoms with Crippen LogP contribution < -0.4 is 15.4 Å². The number of benzene rings is 1. The Balaban J connectivity index is 1.52. The highest BCUT2D eigenvalue weighted by Gasteiger charge is 2.35. The molecule has 0 amide bonds. The number of nitrogens with two attached hydrogens (primary N) is 1. The number of rotatable bonds is 4. The highest BCUT2D eigenvalue weighted by molar-refractivity contribution is 6.09. The van der Waals surface area contributed by atoms with Gasteiger partial charge in [0.15, 0.2) is 11.5 Å². The lowest BCUT2D eigenvalue weighted by molar-refractivity contribution is -0.148. The van der Waals surface area contributed by atoms with Gasteiger partial charge in [-0.05, 0) is 45.7 Å². The van der Waals surface area contributed by atoms with Crippen molar-refractivity contribution in [2.24, 2.45) is 10.9 Å². The van der Waals surface area contributed by atoms with Gasteiger partial charge in [-0.15, -0.1) is 0 Å². The molecular weight excluding hydrogens is 382 g/mol. The number of esters is 1. The van der Waals surface area contributed by atoms with E-state index in [1.807, 2.05) is 32.9 Å². The van der Waals surface area contributed by atoms with Crippen LogP contribution in [0.1, 0.15) is 39.2 Å². The Kier molecular flexibility index (Phi) is 5.32. The summed E-state index contributed by atoms with van der Waals surface area (Å²) in [6.45, 7) is 7.87. The predicted octanol–water partition coefficient (Wildman–Crippen LogP) is 3.13. The Labute approximate surface area is 176 Å². The molecule has 0 spiro atoms. The quantitative estimate of drug-likeness (QED) is 0.774. The van der Waals surface area contributed by atoms with Crippen molar-refractivity contribution in [1.82, 2.24) is 9.97 Å². The van der Waals surface area contributed by atoms with Crippen molar-refractivity contribution >= 4 is 28.9 Å². The largest absolute Gasteiger partial charge is 0.466 e. The summed E-state index contributed by atoms with van der Waals surface area (Å²) < 4.78 is 11.2. The van der Waals surface area contributed by atoms with Crippen molar-refractivity contribution in [3.8, 4) is 5.88 Å². The Morgan fingerprint density at radius 3 is 2.60 bits per heavy atom. The lowest BCUT2D eigenvalue weighted by Crippen LogP contribution is -2.41. The standard InChI is InChI=1S/C22H27N5O3/c1-4-29-21(28)15-9-11-27(12-10-15)16-7-5-14(6-8-16)18-22(2,3)30-20-17(26-18)19(23)24-13-25-20/h5-8,13,15H,4,9-12H2,1-3H3,(H2,23,24,25). The molecule has 158 valence electrons. The smallest absolute Gasteiger partial charge is 0.309 e. The minimum absolute atomic E-state index is 0.00256. The summed E-state index contributed by atoms with van der Waals surface area (Å²) in [6, 6.07) is 8.25. The molecule has 1 aromatic heterocycles. The van der Waals surface area contributed by atoms with Crippen LogP contribution in [0, 0.1) is 5.92 Å². The molecule has 2 aliphatic rings. The van der Waals surface area contributed by atoms with Crippen LogP contribution in [0.15, 0.2) is 35.6 Å². The maximum Gasteiger partial charge on any atom is 0.309 e. The molecule has 2 aromatic rings. The van der Waals surface area contributed by atoms with Crippen molar-refractivity contribution in [1.29, 1.82) is 0 Å². The highest BCUT2D eigenvalue weighted by Crippen LogP contribution is 2.39. The molecule has 0 bridgehead atoms. The van der Waals surface area contributed by atoms with E-state index < -0.39 is 5.60 Å². The summed E-state index contributed by atoms with van der Waals surface area (Å²) in [6.07, 6.45) is 3.00. The van der Waals surface area contributed by atoms with E-state index in [0.717, 1.165) is 42.9 Å². The minimum atomic E-state index is -0.646. The van der Waals surface area contributed by atoms with E-state index in [9.17, 15) is 4.79 Å². The molecule has 0 radical (unpaired) electrons. The molecule has 8 heteroatoms.